The van der Waals surface area contributed by atoms with Gasteiger partial charge in [-0.3, -0.25) is 19.9 Å². The van der Waals surface area contributed by atoms with Gasteiger partial charge in [0, 0.05) is 24.8 Å². The lowest BCUT2D eigenvalue weighted by Gasteiger charge is -2.39. The molecule has 35 heavy (non-hydrogen) atoms. The van der Waals surface area contributed by atoms with E-state index in [4.69, 9.17) is 17.3 Å². The number of benzene rings is 1. The Kier molecular flexibility index (Phi) is 6.20. The molecular weight excluding hydrogens is 488 g/mol. The average Bonchev–Trinajstić information content (AvgIpc) is 3.45. The number of carbonyl (C=O) groups excluding carboxylic acids is 2. The summed E-state index contributed by atoms with van der Waals surface area (Å²) in [6.07, 6.45) is 1.88. The molecule has 12 heteroatoms. The molecule has 1 saturated heterocycles. The number of anilines is 2. The summed E-state index contributed by atoms with van der Waals surface area (Å²) in [6, 6.07) is 8.16. The van der Waals surface area contributed by atoms with Crippen molar-refractivity contribution in [2.24, 2.45) is 4.99 Å². The largest absolute Gasteiger partial charge is 0.381 e. The van der Waals surface area contributed by atoms with Gasteiger partial charge in [-0.15, -0.1) is 11.3 Å². The van der Waals surface area contributed by atoms with Crippen LogP contribution in [0.5, 0.6) is 0 Å². The van der Waals surface area contributed by atoms with Crippen molar-refractivity contribution in [1.82, 2.24) is 25.5 Å². The van der Waals surface area contributed by atoms with E-state index >= 15 is 0 Å². The number of hydrogen-bond acceptors (Lipinski definition) is 9. The zero-order chi connectivity index (χ0) is 24.6. The Hall–Kier alpha value is -3.44. The molecule has 10 nitrogen and oxygen atoms in total. The predicted molar refractivity (Wildman–Crippen MR) is 138 cm³/mol. The lowest BCUT2D eigenvalue weighted by Crippen LogP contribution is -2.57. The van der Waals surface area contributed by atoms with Gasteiger partial charge in [-0.2, -0.15) is 0 Å². The van der Waals surface area contributed by atoms with Crippen molar-refractivity contribution in [3.63, 3.8) is 0 Å². The van der Waals surface area contributed by atoms with E-state index in [-0.39, 0.29) is 33.9 Å². The van der Waals surface area contributed by atoms with Crippen LogP contribution in [-0.2, 0) is 11.2 Å². The highest BCUT2D eigenvalue weighted by molar-refractivity contribution is 7.17. The molecule has 0 saturated carbocycles. The van der Waals surface area contributed by atoms with Gasteiger partial charge in [0.2, 0.25) is 5.91 Å². The molecule has 2 amide bonds. The van der Waals surface area contributed by atoms with Crippen LogP contribution in [0.25, 0.3) is 10.1 Å². The lowest BCUT2D eigenvalue weighted by atomic mass is 9.88. The summed E-state index contributed by atoms with van der Waals surface area (Å²) in [4.78, 5) is 40.3. The SMILES string of the molecule is CNc1nc(N)c(Cl)nc1C(=O)NC1=NCC2(CCN(C(=O)Cc3csc4ccccc34)CC2)N1. The summed E-state index contributed by atoms with van der Waals surface area (Å²) >= 11 is 7.62. The number of hydrogen-bond donors (Lipinski definition) is 4. The topological polar surface area (TPSA) is 138 Å². The minimum Gasteiger partial charge on any atom is -0.381 e. The maximum absolute atomic E-state index is 13.0. The van der Waals surface area contributed by atoms with Crippen molar-refractivity contribution >= 4 is 62.4 Å². The van der Waals surface area contributed by atoms with Crippen molar-refractivity contribution in [3.05, 3.63) is 46.1 Å². The highest BCUT2D eigenvalue weighted by Gasteiger charge is 2.40. The number of aliphatic imine (C=N–C) groups is 1. The predicted octanol–water partition coefficient (Wildman–Crippen LogP) is 2.26. The molecule has 0 radical (unpaired) electrons. The molecular formula is C23H25ClN8O2S. The fourth-order valence-corrected chi connectivity index (χ4v) is 5.56. The summed E-state index contributed by atoms with van der Waals surface area (Å²) in [7, 11) is 1.62. The van der Waals surface area contributed by atoms with E-state index in [0.717, 1.165) is 23.8 Å². The number of piperidine rings is 1. The first-order valence-electron chi connectivity index (χ1n) is 11.2. The Morgan fingerprint density at radius 3 is 2.80 bits per heavy atom. The van der Waals surface area contributed by atoms with Crippen molar-refractivity contribution < 1.29 is 9.59 Å². The van der Waals surface area contributed by atoms with Gasteiger partial charge in [-0.05, 0) is 35.2 Å². The standard InChI is InChI=1S/C23H25ClN8O2S/c1-26-20-17(28-18(24)19(25)29-20)21(34)30-22-27-12-23(31-22)6-8-32(9-7-23)16(33)10-13-11-35-15-5-3-2-4-14(13)15/h2-5,11H,6-10,12H2,1H3,(H3,25,26,29)(H2,27,30,31,34). The molecule has 1 fully saturated rings. The van der Waals surface area contributed by atoms with Crippen LogP contribution in [0.1, 0.15) is 28.9 Å². The van der Waals surface area contributed by atoms with Gasteiger partial charge in [0.05, 0.1) is 18.5 Å². The van der Waals surface area contributed by atoms with E-state index in [1.165, 1.54) is 4.70 Å². The number of guanidine groups is 1. The molecule has 2 aromatic heterocycles. The van der Waals surface area contributed by atoms with Gasteiger partial charge >= 0.3 is 0 Å². The molecule has 3 aromatic rings. The molecule has 1 aromatic carbocycles. The number of likely N-dealkylation sites (tertiary alicyclic amines) is 1. The fraction of sp³-hybridized carbons (Fsp3) is 0.348. The smallest absolute Gasteiger partial charge is 0.280 e. The first kappa shape index (κ1) is 23.3. The average molecular weight is 513 g/mol. The number of aromatic nitrogens is 2. The maximum Gasteiger partial charge on any atom is 0.280 e. The first-order valence-corrected chi connectivity index (χ1v) is 12.5. The Morgan fingerprint density at radius 1 is 1.26 bits per heavy atom. The van der Waals surface area contributed by atoms with E-state index in [1.54, 1.807) is 18.4 Å². The number of nitrogens with one attached hydrogen (secondary N) is 3. The van der Waals surface area contributed by atoms with Crippen LogP contribution in [-0.4, -0.2) is 64.9 Å². The number of nitrogens with zero attached hydrogens (tertiary/aromatic N) is 4. The highest BCUT2D eigenvalue weighted by atomic mass is 35.5. The van der Waals surface area contributed by atoms with E-state index in [0.29, 0.717) is 32.0 Å². The highest BCUT2D eigenvalue weighted by Crippen LogP contribution is 2.29. The third-order valence-corrected chi connectivity index (χ3v) is 7.75. The number of halogens is 1. The Balaban J connectivity index is 1.17. The molecule has 4 heterocycles. The molecule has 1 spiro atoms. The van der Waals surface area contributed by atoms with Crippen molar-refractivity contribution in [2.75, 3.05) is 37.7 Å². The summed E-state index contributed by atoms with van der Waals surface area (Å²) in [5, 5.41) is 12.1. The Labute approximate surface area is 211 Å². The van der Waals surface area contributed by atoms with Gasteiger partial charge < -0.3 is 21.3 Å². The lowest BCUT2D eigenvalue weighted by molar-refractivity contribution is -0.132. The van der Waals surface area contributed by atoms with Gasteiger partial charge in [0.25, 0.3) is 5.91 Å². The minimum absolute atomic E-state index is 0.0264. The second-order valence-corrected chi connectivity index (χ2v) is 9.96. The number of rotatable bonds is 4. The third kappa shape index (κ3) is 4.61. The number of nitrogen functional groups attached to an aromatic ring is 1. The van der Waals surface area contributed by atoms with Crippen LogP contribution in [0, 0.1) is 0 Å². The molecule has 182 valence electrons. The molecule has 0 atom stereocenters. The van der Waals surface area contributed by atoms with Crippen LogP contribution >= 0.6 is 22.9 Å². The summed E-state index contributed by atoms with van der Waals surface area (Å²) < 4.78 is 1.20. The first-order chi connectivity index (χ1) is 16.9. The van der Waals surface area contributed by atoms with Gasteiger partial charge in [0.15, 0.2) is 28.4 Å². The van der Waals surface area contributed by atoms with Crippen LogP contribution in [0.4, 0.5) is 11.6 Å². The summed E-state index contributed by atoms with van der Waals surface area (Å²) in [5.74, 6) is 0.271. The fourth-order valence-electron chi connectivity index (χ4n) is 4.47. The van der Waals surface area contributed by atoms with Gasteiger partial charge in [0.1, 0.15) is 0 Å². The van der Waals surface area contributed by atoms with Crippen LogP contribution in [0.2, 0.25) is 5.15 Å². The third-order valence-electron chi connectivity index (χ3n) is 6.46. The number of fused-ring (bicyclic) bond motifs is 1. The molecule has 0 aliphatic carbocycles. The van der Waals surface area contributed by atoms with Gasteiger partial charge in [-0.1, -0.05) is 29.8 Å². The second kappa shape index (κ2) is 9.31. The van der Waals surface area contributed by atoms with E-state index in [1.807, 2.05) is 17.0 Å². The normalized spacial score (nSPS) is 16.7. The number of thiophene rings is 1. The van der Waals surface area contributed by atoms with Gasteiger partial charge in [-0.25, -0.2) is 9.97 Å². The van der Waals surface area contributed by atoms with Crippen LogP contribution in [0.3, 0.4) is 0 Å². The molecule has 0 bridgehead atoms. The van der Waals surface area contributed by atoms with E-state index in [9.17, 15) is 9.59 Å². The van der Waals surface area contributed by atoms with Crippen LogP contribution in [0.15, 0.2) is 34.6 Å². The quantitative estimate of drug-likeness (QED) is 0.420. The Bertz CT molecular complexity index is 1330. The minimum atomic E-state index is -0.498. The number of amides is 2. The summed E-state index contributed by atoms with van der Waals surface area (Å²) in [5.41, 5.74) is 6.49. The zero-order valence-electron chi connectivity index (χ0n) is 19.1. The van der Waals surface area contributed by atoms with Crippen LogP contribution < -0.4 is 21.7 Å². The molecule has 2 aliphatic heterocycles. The van der Waals surface area contributed by atoms with E-state index < -0.39 is 5.91 Å². The van der Waals surface area contributed by atoms with Crippen molar-refractivity contribution in [2.45, 2.75) is 24.8 Å². The zero-order valence-corrected chi connectivity index (χ0v) is 20.7. The van der Waals surface area contributed by atoms with E-state index in [2.05, 4.69) is 48.4 Å². The Morgan fingerprint density at radius 2 is 2.03 bits per heavy atom. The summed E-state index contributed by atoms with van der Waals surface area (Å²) in [6.45, 7) is 1.79. The molecule has 5 N–H and O–H groups in total. The maximum atomic E-state index is 13.0. The molecule has 5 rings (SSSR count). The number of carbonyl (C=O) groups is 2. The molecule has 0 unspecified atom stereocenters. The number of nitrogens with two attached hydrogens (primary N) is 1. The van der Waals surface area contributed by atoms with Crippen molar-refractivity contribution in [3.8, 4) is 0 Å². The second-order valence-electron chi connectivity index (χ2n) is 8.69. The molecule has 2 aliphatic rings. The monoisotopic (exact) mass is 512 g/mol. The van der Waals surface area contributed by atoms with Crippen molar-refractivity contribution in [1.29, 1.82) is 0 Å².